The van der Waals surface area contributed by atoms with Crippen LogP contribution in [-0.2, 0) is 0 Å². The van der Waals surface area contributed by atoms with Gasteiger partial charge in [-0.2, -0.15) is 0 Å². The smallest absolute Gasteiger partial charge is 0.255 e. The van der Waals surface area contributed by atoms with Gasteiger partial charge in [0.25, 0.3) is 11.8 Å². The summed E-state index contributed by atoms with van der Waals surface area (Å²) in [5.41, 5.74) is 4.78. The second-order valence-electron chi connectivity index (χ2n) is 7.22. The summed E-state index contributed by atoms with van der Waals surface area (Å²) in [6.07, 6.45) is 4.00. The lowest BCUT2D eigenvalue weighted by atomic mass is 10.1. The molecule has 0 spiro atoms. The fraction of sp³-hybridized carbons (Fsp3) is 0. The van der Waals surface area contributed by atoms with E-state index in [1.54, 1.807) is 24.3 Å². The Labute approximate surface area is 187 Å². The first-order chi connectivity index (χ1) is 15.7. The SMILES string of the molecule is O=C(Nc1ccc(/C=C/c2ccc(NC(=O)c3ccccc3)cc2)cc1)c1ccccc1. The number of benzene rings is 4. The Bertz CT molecular complexity index is 1120. The molecule has 4 heteroatoms. The minimum atomic E-state index is -0.131. The number of amides is 2. The molecule has 0 atom stereocenters. The topological polar surface area (TPSA) is 58.2 Å². The minimum absolute atomic E-state index is 0.131. The highest BCUT2D eigenvalue weighted by atomic mass is 16.2. The number of rotatable bonds is 6. The molecule has 0 bridgehead atoms. The Morgan fingerprint density at radius 2 is 0.812 bits per heavy atom. The van der Waals surface area contributed by atoms with Crippen LogP contribution in [0.25, 0.3) is 12.2 Å². The molecule has 156 valence electrons. The van der Waals surface area contributed by atoms with Gasteiger partial charge in [0.05, 0.1) is 0 Å². The zero-order valence-corrected chi connectivity index (χ0v) is 17.4. The van der Waals surface area contributed by atoms with E-state index in [0.29, 0.717) is 11.1 Å². The molecule has 0 unspecified atom stereocenters. The van der Waals surface area contributed by atoms with Crippen LogP contribution in [0.1, 0.15) is 31.8 Å². The lowest BCUT2D eigenvalue weighted by Gasteiger charge is -2.06. The van der Waals surface area contributed by atoms with Crippen molar-refractivity contribution < 1.29 is 9.59 Å². The van der Waals surface area contributed by atoms with Crippen molar-refractivity contribution in [3.05, 3.63) is 131 Å². The van der Waals surface area contributed by atoms with Gasteiger partial charge >= 0.3 is 0 Å². The van der Waals surface area contributed by atoms with E-state index in [1.807, 2.05) is 97.1 Å². The summed E-state index contributed by atoms with van der Waals surface area (Å²) in [4.78, 5) is 24.5. The summed E-state index contributed by atoms with van der Waals surface area (Å²) in [7, 11) is 0. The largest absolute Gasteiger partial charge is 0.322 e. The van der Waals surface area contributed by atoms with Gasteiger partial charge in [0.2, 0.25) is 0 Å². The molecule has 4 nitrogen and oxygen atoms in total. The molecule has 0 heterocycles. The van der Waals surface area contributed by atoms with Gasteiger partial charge in [-0.3, -0.25) is 9.59 Å². The van der Waals surface area contributed by atoms with Crippen LogP contribution in [0.15, 0.2) is 109 Å². The van der Waals surface area contributed by atoms with Crippen molar-refractivity contribution in [1.29, 1.82) is 0 Å². The fourth-order valence-corrected chi connectivity index (χ4v) is 3.13. The summed E-state index contributed by atoms with van der Waals surface area (Å²) in [5, 5.41) is 5.79. The summed E-state index contributed by atoms with van der Waals surface area (Å²) < 4.78 is 0. The summed E-state index contributed by atoms with van der Waals surface area (Å²) in [5.74, 6) is -0.262. The van der Waals surface area contributed by atoms with Crippen molar-refractivity contribution in [3.8, 4) is 0 Å². The van der Waals surface area contributed by atoms with E-state index < -0.39 is 0 Å². The number of carbonyl (C=O) groups is 2. The number of hydrogen-bond acceptors (Lipinski definition) is 2. The third kappa shape index (κ3) is 5.58. The zero-order valence-electron chi connectivity index (χ0n) is 17.4. The van der Waals surface area contributed by atoms with Crippen molar-refractivity contribution in [2.24, 2.45) is 0 Å². The van der Waals surface area contributed by atoms with Gasteiger partial charge in [-0.1, -0.05) is 72.8 Å². The van der Waals surface area contributed by atoms with Gasteiger partial charge in [-0.25, -0.2) is 0 Å². The second-order valence-corrected chi connectivity index (χ2v) is 7.22. The maximum atomic E-state index is 12.2. The van der Waals surface area contributed by atoms with Crippen LogP contribution >= 0.6 is 0 Å². The molecular formula is C28H22N2O2. The molecule has 2 amide bonds. The molecule has 0 radical (unpaired) electrons. The maximum absolute atomic E-state index is 12.2. The predicted octanol–water partition coefficient (Wildman–Crippen LogP) is 6.36. The predicted molar refractivity (Wildman–Crippen MR) is 131 cm³/mol. The number of hydrogen-bond donors (Lipinski definition) is 2. The quantitative estimate of drug-likeness (QED) is 0.358. The van der Waals surface area contributed by atoms with Gasteiger partial charge < -0.3 is 10.6 Å². The fourth-order valence-electron chi connectivity index (χ4n) is 3.13. The standard InChI is InChI=1S/C28H22N2O2/c31-27(23-7-3-1-4-8-23)29-25-17-13-21(14-18-25)11-12-22-15-19-26(20-16-22)30-28(32)24-9-5-2-6-10-24/h1-20H,(H,29,31)(H,30,32)/b12-11+. The molecule has 0 fully saturated rings. The highest BCUT2D eigenvalue weighted by Crippen LogP contribution is 2.16. The lowest BCUT2D eigenvalue weighted by Crippen LogP contribution is -2.11. The molecule has 0 aromatic heterocycles. The van der Waals surface area contributed by atoms with E-state index in [0.717, 1.165) is 22.5 Å². The van der Waals surface area contributed by atoms with Gasteiger partial charge in [0.15, 0.2) is 0 Å². The van der Waals surface area contributed by atoms with Crippen LogP contribution in [0.5, 0.6) is 0 Å². The molecule has 4 aromatic rings. The van der Waals surface area contributed by atoms with E-state index in [1.165, 1.54) is 0 Å². The Balaban J connectivity index is 1.34. The Hall–Kier alpha value is -4.44. The summed E-state index contributed by atoms with van der Waals surface area (Å²) in [6, 6.07) is 33.6. The first-order valence-electron chi connectivity index (χ1n) is 10.3. The van der Waals surface area contributed by atoms with Crippen LogP contribution in [0.4, 0.5) is 11.4 Å². The van der Waals surface area contributed by atoms with E-state index in [2.05, 4.69) is 10.6 Å². The van der Waals surface area contributed by atoms with Crippen LogP contribution in [0, 0.1) is 0 Å². The van der Waals surface area contributed by atoms with E-state index >= 15 is 0 Å². The van der Waals surface area contributed by atoms with Crippen LogP contribution in [-0.4, -0.2) is 11.8 Å². The molecule has 0 aliphatic carbocycles. The van der Waals surface area contributed by atoms with Crippen molar-refractivity contribution in [1.82, 2.24) is 0 Å². The van der Waals surface area contributed by atoms with Crippen molar-refractivity contribution in [2.45, 2.75) is 0 Å². The molecule has 0 aliphatic rings. The van der Waals surface area contributed by atoms with Crippen molar-refractivity contribution in [3.63, 3.8) is 0 Å². The minimum Gasteiger partial charge on any atom is -0.322 e. The maximum Gasteiger partial charge on any atom is 0.255 e. The van der Waals surface area contributed by atoms with Crippen LogP contribution in [0.3, 0.4) is 0 Å². The highest BCUT2D eigenvalue weighted by Gasteiger charge is 2.05. The molecule has 0 saturated heterocycles. The number of nitrogens with one attached hydrogen (secondary N) is 2. The third-order valence-corrected chi connectivity index (χ3v) is 4.88. The lowest BCUT2D eigenvalue weighted by molar-refractivity contribution is 0.101. The van der Waals surface area contributed by atoms with Crippen LogP contribution < -0.4 is 10.6 Å². The molecule has 32 heavy (non-hydrogen) atoms. The Morgan fingerprint density at radius 3 is 1.16 bits per heavy atom. The first-order valence-corrected chi connectivity index (χ1v) is 10.3. The molecule has 4 aromatic carbocycles. The normalized spacial score (nSPS) is 10.6. The average Bonchev–Trinajstić information content (AvgIpc) is 2.85. The third-order valence-electron chi connectivity index (χ3n) is 4.88. The summed E-state index contributed by atoms with van der Waals surface area (Å²) >= 11 is 0. The van der Waals surface area contributed by atoms with E-state index in [9.17, 15) is 9.59 Å². The van der Waals surface area contributed by atoms with Gasteiger partial charge in [-0.05, 0) is 59.7 Å². The Kier molecular flexibility index (Phi) is 6.54. The first kappa shape index (κ1) is 20.8. The molecule has 4 rings (SSSR count). The number of anilines is 2. The molecule has 0 aliphatic heterocycles. The van der Waals surface area contributed by atoms with Gasteiger partial charge in [0, 0.05) is 22.5 Å². The van der Waals surface area contributed by atoms with Gasteiger partial charge in [-0.15, -0.1) is 0 Å². The second kappa shape index (κ2) is 10.0. The molecular weight excluding hydrogens is 396 g/mol. The van der Waals surface area contributed by atoms with E-state index in [-0.39, 0.29) is 11.8 Å². The van der Waals surface area contributed by atoms with Gasteiger partial charge in [0.1, 0.15) is 0 Å². The monoisotopic (exact) mass is 418 g/mol. The molecule has 0 saturated carbocycles. The number of carbonyl (C=O) groups excluding carboxylic acids is 2. The average molecular weight is 418 g/mol. The van der Waals surface area contributed by atoms with E-state index in [4.69, 9.17) is 0 Å². The van der Waals surface area contributed by atoms with Crippen LogP contribution in [0.2, 0.25) is 0 Å². The zero-order chi connectivity index (χ0) is 22.2. The van der Waals surface area contributed by atoms with Crippen molar-refractivity contribution in [2.75, 3.05) is 10.6 Å². The Morgan fingerprint density at radius 1 is 0.469 bits per heavy atom. The summed E-state index contributed by atoms with van der Waals surface area (Å²) in [6.45, 7) is 0. The molecule has 2 N–H and O–H groups in total. The van der Waals surface area contributed by atoms with Crippen molar-refractivity contribution >= 4 is 35.3 Å². The highest BCUT2D eigenvalue weighted by molar-refractivity contribution is 6.04.